The lowest BCUT2D eigenvalue weighted by atomic mass is 10.1. The minimum atomic E-state index is -0.314. The number of aryl methyl sites for hydroxylation is 2. The number of benzene rings is 2. The second kappa shape index (κ2) is 10.9. The zero-order valence-electron chi connectivity index (χ0n) is 18.8. The van der Waals surface area contributed by atoms with Crippen molar-refractivity contribution in [2.45, 2.75) is 38.6 Å². The van der Waals surface area contributed by atoms with E-state index in [4.69, 9.17) is 9.47 Å². The second-order valence-corrected chi connectivity index (χ2v) is 8.33. The van der Waals surface area contributed by atoms with Crippen molar-refractivity contribution >= 4 is 23.4 Å². The Bertz CT molecular complexity index is 1060. The predicted molar refractivity (Wildman–Crippen MR) is 128 cm³/mol. The Balaban J connectivity index is 1.66. The van der Waals surface area contributed by atoms with Gasteiger partial charge in [-0.1, -0.05) is 23.9 Å². The summed E-state index contributed by atoms with van der Waals surface area (Å²) in [5.74, 6) is 2.28. The van der Waals surface area contributed by atoms with Crippen LogP contribution in [0.1, 0.15) is 30.0 Å². The normalized spacial score (nSPS) is 11.6. The molecule has 0 aliphatic carbocycles. The van der Waals surface area contributed by atoms with E-state index in [9.17, 15) is 4.79 Å². The van der Waals surface area contributed by atoms with Crippen molar-refractivity contribution in [2.24, 2.45) is 0 Å². The molecule has 3 rings (SSSR count). The van der Waals surface area contributed by atoms with Gasteiger partial charge in [-0.05, 0) is 68.3 Å². The third-order valence-electron chi connectivity index (χ3n) is 4.63. The lowest BCUT2D eigenvalue weighted by Crippen LogP contribution is -2.15. The predicted octanol–water partition coefficient (Wildman–Crippen LogP) is 4.96. The van der Waals surface area contributed by atoms with Crippen LogP contribution in [-0.4, -0.2) is 33.5 Å². The summed E-state index contributed by atoms with van der Waals surface area (Å²) in [6.45, 7) is 10.4. The van der Waals surface area contributed by atoms with Crippen LogP contribution < -0.4 is 14.8 Å². The summed E-state index contributed by atoms with van der Waals surface area (Å²) >= 11 is 1.32. The molecule has 7 nitrogen and oxygen atoms in total. The van der Waals surface area contributed by atoms with Gasteiger partial charge in [0.15, 0.2) is 17.1 Å². The van der Waals surface area contributed by atoms with Crippen LogP contribution in [0.2, 0.25) is 0 Å². The van der Waals surface area contributed by atoms with Gasteiger partial charge in [0.25, 0.3) is 0 Å². The average molecular weight is 453 g/mol. The highest BCUT2D eigenvalue weighted by molar-refractivity contribution is 7.99. The van der Waals surface area contributed by atoms with Crippen LogP contribution in [0.3, 0.4) is 0 Å². The number of methoxy groups -OCH3 is 1. The van der Waals surface area contributed by atoms with Crippen LogP contribution in [0.5, 0.6) is 11.5 Å². The number of aromatic nitrogens is 3. The van der Waals surface area contributed by atoms with E-state index in [2.05, 4.69) is 28.2 Å². The number of carbonyl (C=O) groups excluding carboxylic acids is 1. The number of ether oxygens (including phenoxy) is 2. The van der Waals surface area contributed by atoms with Crippen molar-refractivity contribution in [3.8, 4) is 11.5 Å². The van der Waals surface area contributed by atoms with E-state index in [-0.39, 0.29) is 17.8 Å². The molecular weight excluding hydrogens is 424 g/mol. The fraction of sp³-hybridized carbons (Fsp3) is 0.292. The van der Waals surface area contributed by atoms with Crippen molar-refractivity contribution in [3.05, 3.63) is 72.1 Å². The Morgan fingerprint density at radius 2 is 1.84 bits per heavy atom. The molecule has 0 saturated heterocycles. The van der Waals surface area contributed by atoms with Crippen molar-refractivity contribution < 1.29 is 14.3 Å². The van der Waals surface area contributed by atoms with E-state index in [1.165, 1.54) is 11.8 Å². The van der Waals surface area contributed by atoms with E-state index in [1.807, 2.05) is 37.5 Å². The molecule has 8 heteroatoms. The number of hydrogen-bond donors (Lipinski definition) is 1. The Labute approximate surface area is 192 Å². The summed E-state index contributed by atoms with van der Waals surface area (Å²) in [6, 6.07) is 13.3. The molecule has 1 N–H and O–H groups in total. The molecular formula is C24H28N4O3S. The fourth-order valence-electron chi connectivity index (χ4n) is 3.27. The molecule has 1 unspecified atom stereocenters. The highest BCUT2D eigenvalue weighted by atomic mass is 32.2. The number of nitrogens with one attached hydrogen (secondary N) is 1. The highest BCUT2D eigenvalue weighted by Gasteiger charge is 2.20. The van der Waals surface area contributed by atoms with Gasteiger partial charge in [0, 0.05) is 12.2 Å². The van der Waals surface area contributed by atoms with Gasteiger partial charge in [-0.2, -0.15) is 0 Å². The summed E-state index contributed by atoms with van der Waals surface area (Å²) in [6.07, 6.45) is 1.46. The monoisotopic (exact) mass is 452 g/mol. The molecule has 1 aromatic heterocycles. The molecule has 0 fully saturated rings. The third kappa shape index (κ3) is 6.13. The SMILES string of the molecule is C=CCn1c(SCC(=O)Nc2ccc(OC)cc2)nnc1C(C)Oc1cc(C)cc(C)c1. The minimum absolute atomic E-state index is 0.130. The number of nitrogens with zero attached hydrogens (tertiary/aromatic N) is 3. The number of allylic oxidation sites excluding steroid dienone is 1. The van der Waals surface area contributed by atoms with E-state index in [0.717, 1.165) is 22.6 Å². The van der Waals surface area contributed by atoms with Crippen LogP contribution in [0.4, 0.5) is 5.69 Å². The van der Waals surface area contributed by atoms with Crippen LogP contribution in [0.15, 0.2) is 60.3 Å². The van der Waals surface area contributed by atoms with E-state index >= 15 is 0 Å². The number of thioether (sulfide) groups is 1. The molecule has 1 amide bonds. The summed E-state index contributed by atoms with van der Waals surface area (Å²) in [5, 5.41) is 12.1. The molecule has 168 valence electrons. The molecule has 0 aliphatic rings. The largest absolute Gasteiger partial charge is 0.497 e. The number of hydrogen-bond acceptors (Lipinski definition) is 6. The standard InChI is InChI=1S/C24H28N4O3S/c1-6-11-28-23(18(4)31-21-13-16(2)12-17(3)14-21)26-27-24(28)32-15-22(29)25-19-7-9-20(30-5)10-8-19/h6-10,12-14,18H,1,11,15H2,2-5H3,(H,25,29). The van der Waals surface area contributed by atoms with Gasteiger partial charge in [0.05, 0.1) is 12.9 Å². The quantitative estimate of drug-likeness (QED) is 0.346. The van der Waals surface area contributed by atoms with Gasteiger partial charge in [0.1, 0.15) is 11.5 Å². The average Bonchev–Trinajstić information content (AvgIpc) is 3.15. The first-order chi connectivity index (χ1) is 15.4. The Kier molecular flexibility index (Phi) is 7.94. The van der Waals surface area contributed by atoms with Crippen molar-refractivity contribution in [1.82, 2.24) is 14.8 Å². The number of rotatable bonds is 10. The maximum Gasteiger partial charge on any atom is 0.234 e. The van der Waals surface area contributed by atoms with Gasteiger partial charge >= 0.3 is 0 Å². The van der Waals surface area contributed by atoms with Crippen molar-refractivity contribution in [2.75, 3.05) is 18.2 Å². The highest BCUT2D eigenvalue weighted by Crippen LogP contribution is 2.26. The third-order valence-corrected chi connectivity index (χ3v) is 5.60. The number of amides is 1. The molecule has 0 aliphatic heterocycles. The first kappa shape index (κ1) is 23.4. The fourth-order valence-corrected chi connectivity index (χ4v) is 4.02. The van der Waals surface area contributed by atoms with Crippen LogP contribution in [-0.2, 0) is 11.3 Å². The molecule has 0 radical (unpaired) electrons. The number of anilines is 1. The van der Waals surface area contributed by atoms with Gasteiger partial charge in [-0.15, -0.1) is 16.8 Å². The summed E-state index contributed by atoms with van der Waals surface area (Å²) in [5.41, 5.74) is 2.98. The first-order valence-electron chi connectivity index (χ1n) is 10.2. The molecule has 1 atom stereocenters. The Morgan fingerprint density at radius 1 is 1.16 bits per heavy atom. The van der Waals surface area contributed by atoms with Crippen LogP contribution in [0, 0.1) is 13.8 Å². The molecule has 1 heterocycles. The Hall–Kier alpha value is -3.26. The zero-order chi connectivity index (χ0) is 23.1. The molecule has 0 bridgehead atoms. The molecule has 0 spiro atoms. The zero-order valence-corrected chi connectivity index (χ0v) is 19.6. The van der Waals surface area contributed by atoms with E-state index in [0.29, 0.717) is 23.2 Å². The summed E-state index contributed by atoms with van der Waals surface area (Å²) < 4.78 is 13.2. The molecule has 32 heavy (non-hydrogen) atoms. The minimum Gasteiger partial charge on any atom is -0.497 e. The van der Waals surface area contributed by atoms with Crippen LogP contribution >= 0.6 is 11.8 Å². The van der Waals surface area contributed by atoms with Gasteiger partial charge in [0.2, 0.25) is 5.91 Å². The summed E-state index contributed by atoms with van der Waals surface area (Å²) in [4.78, 5) is 12.4. The van der Waals surface area contributed by atoms with Crippen molar-refractivity contribution in [1.29, 1.82) is 0 Å². The smallest absolute Gasteiger partial charge is 0.234 e. The lowest BCUT2D eigenvalue weighted by molar-refractivity contribution is -0.113. The van der Waals surface area contributed by atoms with Gasteiger partial charge in [-0.3, -0.25) is 9.36 Å². The van der Waals surface area contributed by atoms with E-state index in [1.54, 1.807) is 37.5 Å². The van der Waals surface area contributed by atoms with E-state index < -0.39 is 0 Å². The maximum atomic E-state index is 12.4. The first-order valence-corrected chi connectivity index (χ1v) is 11.2. The summed E-state index contributed by atoms with van der Waals surface area (Å²) in [7, 11) is 1.60. The maximum absolute atomic E-state index is 12.4. The van der Waals surface area contributed by atoms with Gasteiger partial charge in [-0.25, -0.2) is 0 Å². The molecule has 0 saturated carbocycles. The Morgan fingerprint density at radius 3 is 2.47 bits per heavy atom. The molecule has 2 aromatic carbocycles. The lowest BCUT2D eigenvalue weighted by Gasteiger charge is -2.16. The van der Waals surface area contributed by atoms with Crippen LogP contribution in [0.25, 0.3) is 0 Å². The van der Waals surface area contributed by atoms with Crippen molar-refractivity contribution in [3.63, 3.8) is 0 Å². The van der Waals surface area contributed by atoms with Gasteiger partial charge < -0.3 is 14.8 Å². The molecule has 3 aromatic rings. The second-order valence-electron chi connectivity index (χ2n) is 7.39. The number of carbonyl (C=O) groups is 1. The topological polar surface area (TPSA) is 78.3 Å².